The van der Waals surface area contributed by atoms with Crippen LogP contribution in [0.3, 0.4) is 0 Å². The fourth-order valence-corrected chi connectivity index (χ4v) is 3.28. The summed E-state index contributed by atoms with van der Waals surface area (Å²) in [4.78, 5) is 11.8. The summed E-state index contributed by atoms with van der Waals surface area (Å²) in [6.07, 6.45) is 1.52. The largest absolute Gasteiger partial charge is 0.497 e. The predicted molar refractivity (Wildman–Crippen MR) is 112 cm³/mol. The minimum atomic E-state index is -1.11. The van der Waals surface area contributed by atoms with Crippen LogP contribution in [-0.4, -0.2) is 42.6 Å². The zero-order chi connectivity index (χ0) is 21.7. The van der Waals surface area contributed by atoms with Crippen molar-refractivity contribution in [2.75, 3.05) is 21.3 Å². The molecule has 0 amide bonds. The summed E-state index contributed by atoms with van der Waals surface area (Å²) in [5, 5.41) is 17.6. The second-order valence-corrected chi connectivity index (χ2v) is 7.11. The molecule has 30 heavy (non-hydrogen) atoms. The molecule has 0 aliphatic carbocycles. The molecule has 0 aliphatic heterocycles. The van der Waals surface area contributed by atoms with Gasteiger partial charge in [-0.25, -0.2) is 4.79 Å². The summed E-state index contributed by atoms with van der Waals surface area (Å²) in [5.41, 5.74) is 2.23. The van der Waals surface area contributed by atoms with Gasteiger partial charge in [-0.2, -0.15) is 0 Å². The third-order valence-electron chi connectivity index (χ3n) is 4.14. The van der Waals surface area contributed by atoms with Gasteiger partial charge in [0.15, 0.2) is 0 Å². The molecule has 0 atom stereocenters. The van der Waals surface area contributed by atoms with Crippen molar-refractivity contribution in [3.8, 4) is 28.7 Å². The molecule has 0 aliphatic rings. The minimum absolute atomic E-state index is 0.0272. The fraction of sp³-hybridized carbons (Fsp3) is 0.190. The van der Waals surface area contributed by atoms with Crippen molar-refractivity contribution in [3.63, 3.8) is 0 Å². The lowest BCUT2D eigenvalue weighted by atomic mass is 10.1. The Morgan fingerprint density at radius 1 is 1.03 bits per heavy atom. The predicted octanol–water partition coefficient (Wildman–Crippen LogP) is 4.29. The first-order chi connectivity index (χ1) is 14.4. The molecule has 1 aromatic heterocycles. The van der Waals surface area contributed by atoms with Gasteiger partial charge in [-0.05, 0) is 54.1 Å². The molecule has 3 aromatic rings. The number of thioether (sulfide) groups is 1. The number of hydrogen-bond donors (Lipinski definition) is 1. The summed E-state index contributed by atoms with van der Waals surface area (Å²) in [7, 11) is 4.64. The van der Waals surface area contributed by atoms with E-state index in [1.54, 1.807) is 31.4 Å². The third-order valence-corrected chi connectivity index (χ3v) is 4.99. The molecule has 0 saturated carbocycles. The highest BCUT2D eigenvalue weighted by atomic mass is 32.2. The molecular formula is C21H20N2O6S. The van der Waals surface area contributed by atoms with Crippen LogP contribution in [0, 0.1) is 6.92 Å². The molecule has 0 spiro atoms. The van der Waals surface area contributed by atoms with E-state index < -0.39 is 5.97 Å². The molecule has 0 saturated heterocycles. The van der Waals surface area contributed by atoms with E-state index in [0.29, 0.717) is 28.4 Å². The summed E-state index contributed by atoms with van der Waals surface area (Å²) in [6, 6.07) is 10.6. The van der Waals surface area contributed by atoms with Crippen molar-refractivity contribution < 1.29 is 28.5 Å². The van der Waals surface area contributed by atoms with Gasteiger partial charge in [0.2, 0.25) is 5.89 Å². The van der Waals surface area contributed by atoms with Crippen LogP contribution < -0.4 is 14.2 Å². The van der Waals surface area contributed by atoms with Crippen molar-refractivity contribution >= 4 is 23.8 Å². The topological polar surface area (TPSA) is 104 Å². The zero-order valence-electron chi connectivity index (χ0n) is 16.8. The average molecular weight is 428 g/mol. The molecule has 8 nitrogen and oxygen atoms in total. The van der Waals surface area contributed by atoms with Gasteiger partial charge in [0, 0.05) is 11.6 Å². The summed E-state index contributed by atoms with van der Waals surface area (Å²) in [5.74, 6) is 0.914. The number of methoxy groups -OCH3 is 3. The summed E-state index contributed by atoms with van der Waals surface area (Å²) in [6.45, 7) is 1.91. The Hall–Kier alpha value is -3.46. The first-order valence-electron chi connectivity index (χ1n) is 8.78. The Morgan fingerprint density at radius 2 is 1.73 bits per heavy atom. The number of carbonyl (C=O) groups is 1. The van der Waals surface area contributed by atoms with Crippen LogP contribution in [0.2, 0.25) is 0 Å². The SMILES string of the molecule is COc1cc(OC)cc(-c2nnc(S/C(=C\c3ccc(C)c(OC)c3)C(=O)O)o2)c1. The molecule has 3 rings (SSSR count). The molecule has 0 fully saturated rings. The van der Waals surface area contributed by atoms with Gasteiger partial charge in [-0.1, -0.05) is 12.1 Å². The van der Waals surface area contributed by atoms with Crippen LogP contribution in [0.4, 0.5) is 0 Å². The van der Waals surface area contributed by atoms with E-state index in [9.17, 15) is 9.90 Å². The Bertz CT molecular complexity index is 1070. The lowest BCUT2D eigenvalue weighted by Crippen LogP contribution is -1.97. The molecular weight excluding hydrogens is 408 g/mol. The van der Waals surface area contributed by atoms with Gasteiger partial charge in [-0.15, -0.1) is 10.2 Å². The quantitative estimate of drug-likeness (QED) is 0.415. The molecule has 2 aromatic carbocycles. The molecule has 156 valence electrons. The van der Waals surface area contributed by atoms with E-state index in [4.69, 9.17) is 18.6 Å². The number of carboxylic acid groups (broad SMARTS) is 1. The first kappa shape index (κ1) is 21.3. The molecule has 0 unspecified atom stereocenters. The first-order valence-corrected chi connectivity index (χ1v) is 9.59. The Morgan fingerprint density at radius 3 is 2.33 bits per heavy atom. The highest BCUT2D eigenvalue weighted by molar-refractivity contribution is 8.03. The van der Waals surface area contributed by atoms with E-state index in [1.165, 1.54) is 20.3 Å². The van der Waals surface area contributed by atoms with Crippen LogP contribution >= 0.6 is 11.8 Å². The maximum atomic E-state index is 11.7. The highest BCUT2D eigenvalue weighted by Crippen LogP contribution is 2.33. The van der Waals surface area contributed by atoms with Gasteiger partial charge in [0.05, 0.1) is 21.3 Å². The summed E-state index contributed by atoms with van der Waals surface area (Å²) >= 11 is 0.863. The number of aromatic nitrogens is 2. The van der Waals surface area contributed by atoms with E-state index >= 15 is 0 Å². The number of nitrogens with zero attached hydrogens (tertiary/aromatic N) is 2. The Labute approximate surface area is 177 Å². The van der Waals surface area contributed by atoms with Crippen molar-refractivity contribution in [1.82, 2.24) is 10.2 Å². The number of aliphatic carboxylic acids is 1. The van der Waals surface area contributed by atoms with Crippen LogP contribution in [0.1, 0.15) is 11.1 Å². The molecule has 1 heterocycles. The number of benzene rings is 2. The van der Waals surface area contributed by atoms with Crippen molar-refractivity contribution in [3.05, 3.63) is 52.4 Å². The zero-order valence-corrected chi connectivity index (χ0v) is 17.6. The smallest absolute Gasteiger partial charge is 0.342 e. The van der Waals surface area contributed by atoms with E-state index in [1.807, 2.05) is 19.1 Å². The van der Waals surface area contributed by atoms with Gasteiger partial charge >= 0.3 is 5.97 Å². The maximum Gasteiger partial charge on any atom is 0.342 e. The standard InChI is InChI=1S/C21H20N2O6S/c1-12-5-6-13(7-17(12)28-4)8-18(20(24)25)30-21-23-22-19(29-21)14-9-15(26-2)11-16(10-14)27-3/h5-11H,1-4H3,(H,24,25)/b18-8-. The van der Waals surface area contributed by atoms with Crippen LogP contribution in [-0.2, 0) is 4.79 Å². The molecule has 0 bridgehead atoms. The lowest BCUT2D eigenvalue weighted by Gasteiger charge is -2.06. The Kier molecular flexibility index (Phi) is 6.63. The molecule has 0 radical (unpaired) electrons. The maximum absolute atomic E-state index is 11.7. The molecule has 9 heteroatoms. The fourth-order valence-electron chi connectivity index (χ4n) is 2.61. The third kappa shape index (κ3) is 4.93. The number of carboxylic acids is 1. The van der Waals surface area contributed by atoms with Gasteiger partial charge in [-0.3, -0.25) is 0 Å². The number of rotatable bonds is 8. The van der Waals surface area contributed by atoms with Crippen molar-refractivity contribution in [1.29, 1.82) is 0 Å². The molecule has 1 N–H and O–H groups in total. The van der Waals surface area contributed by atoms with Crippen LogP contribution in [0.25, 0.3) is 17.5 Å². The minimum Gasteiger partial charge on any atom is -0.497 e. The highest BCUT2D eigenvalue weighted by Gasteiger charge is 2.17. The second-order valence-electron chi connectivity index (χ2n) is 6.12. The van der Waals surface area contributed by atoms with Crippen molar-refractivity contribution in [2.24, 2.45) is 0 Å². The van der Waals surface area contributed by atoms with Gasteiger partial charge in [0.25, 0.3) is 5.22 Å². The van der Waals surface area contributed by atoms with Crippen LogP contribution in [0.5, 0.6) is 17.2 Å². The van der Waals surface area contributed by atoms with E-state index in [0.717, 1.165) is 17.3 Å². The lowest BCUT2D eigenvalue weighted by molar-refractivity contribution is -0.131. The van der Waals surface area contributed by atoms with Crippen molar-refractivity contribution in [2.45, 2.75) is 12.1 Å². The Balaban J connectivity index is 1.88. The average Bonchev–Trinajstić information content (AvgIpc) is 3.22. The van der Waals surface area contributed by atoms with E-state index in [2.05, 4.69) is 10.2 Å². The van der Waals surface area contributed by atoms with Gasteiger partial charge in [0.1, 0.15) is 22.2 Å². The monoisotopic (exact) mass is 428 g/mol. The van der Waals surface area contributed by atoms with E-state index in [-0.39, 0.29) is 16.0 Å². The second kappa shape index (κ2) is 9.36. The van der Waals surface area contributed by atoms with Crippen LogP contribution in [0.15, 0.2) is 50.9 Å². The summed E-state index contributed by atoms with van der Waals surface area (Å²) < 4.78 is 21.4. The number of ether oxygens (including phenoxy) is 3. The number of aryl methyl sites for hydroxylation is 1. The number of hydrogen-bond acceptors (Lipinski definition) is 8. The van der Waals surface area contributed by atoms with Gasteiger partial charge < -0.3 is 23.7 Å². The normalized spacial score (nSPS) is 11.3.